The number of anilines is 2. The van der Waals surface area contributed by atoms with E-state index in [9.17, 15) is 9.59 Å². The van der Waals surface area contributed by atoms with Gasteiger partial charge in [-0.15, -0.1) is 0 Å². The van der Waals surface area contributed by atoms with Crippen molar-refractivity contribution in [3.8, 4) is 0 Å². The number of fused-ring (bicyclic) bond motifs is 1. The maximum absolute atomic E-state index is 13.1. The summed E-state index contributed by atoms with van der Waals surface area (Å²) in [4.78, 5) is 32.4. The molecule has 1 aliphatic heterocycles. The molecule has 0 spiro atoms. The number of para-hydroxylation sites is 1. The molecule has 4 rings (SSSR count). The second-order valence-corrected chi connectivity index (χ2v) is 9.67. The predicted molar refractivity (Wildman–Crippen MR) is 131 cm³/mol. The quantitative estimate of drug-likeness (QED) is 0.576. The van der Waals surface area contributed by atoms with Crippen molar-refractivity contribution < 1.29 is 9.53 Å². The number of carbonyl (C=O) groups is 1. The molecule has 3 heterocycles. The Morgan fingerprint density at radius 2 is 1.88 bits per heavy atom. The molecular formula is C26H32N4O3. The summed E-state index contributed by atoms with van der Waals surface area (Å²) in [5.41, 5.74) is 3.85. The van der Waals surface area contributed by atoms with E-state index in [0.717, 1.165) is 42.9 Å². The number of methoxy groups -OCH3 is 1. The van der Waals surface area contributed by atoms with Crippen molar-refractivity contribution >= 4 is 23.1 Å². The number of nitrogens with zero attached hydrogens (tertiary/aromatic N) is 3. The third-order valence-corrected chi connectivity index (χ3v) is 6.52. The van der Waals surface area contributed by atoms with Gasteiger partial charge in [0.05, 0.1) is 18.7 Å². The lowest BCUT2D eigenvalue weighted by Gasteiger charge is -2.37. The van der Waals surface area contributed by atoms with E-state index in [2.05, 4.69) is 24.1 Å². The number of benzene rings is 1. The van der Waals surface area contributed by atoms with Gasteiger partial charge in [0, 0.05) is 36.6 Å². The highest BCUT2D eigenvalue weighted by atomic mass is 16.5. The second-order valence-electron chi connectivity index (χ2n) is 9.67. The number of nitrogens with one attached hydrogen (secondary N) is 1. The maximum Gasteiger partial charge on any atom is 0.339 e. The molecular weight excluding hydrogens is 416 g/mol. The number of pyridine rings is 1. The van der Waals surface area contributed by atoms with Gasteiger partial charge in [-0.2, -0.15) is 0 Å². The van der Waals surface area contributed by atoms with Crippen LogP contribution in [0.15, 0.2) is 47.4 Å². The van der Waals surface area contributed by atoms with Gasteiger partial charge in [0.1, 0.15) is 11.5 Å². The fraction of sp³-hybridized carbons (Fsp3) is 0.423. The van der Waals surface area contributed by atoms with Crippen molar-refractivity contribution in [2.75, 3.05) is 30.4 Å². The SMILES string of the molecule is COC(=O)c1ccccc1NC(C)c1cc(C)cn2c(=O)cc(N3CCC(C)(C)CC3)nc12. The zero-order chi connectivity index (χ0) is 23.8. The third kappa shape index (κ3) is 4.72. The number of esters is 1. The highest BCUT2D eigenvalue weighted by molar-refractivity contribution is 5.95. The largest absolute Gasteiger partial charge is 0.465 e. The summed E-state index contributed by atoms with van der Waals surface area (Å²) < 4.78 is 6.54. The van der Waals surface area contributed by atoms with Crippen molar-refractivity contribution in [1.82, 2.24) is 9.38 Å². The molecule has 2 aromatic heterocycles. The number of aromatic nitrogens is 2. The molecule has 1 aromatic carbocycles. The van der Waals surface area contributed by atoms with E-state index in [1.807, 2.05) is 38.2 Å². The zero-order valence-electron chi connectivity index (χ0n) is 20.0. The van der Waals surface area contributed by atoms with Gasteiger partial charge in [0.25, 0.3) is 5.56 Å². The van der Waals surface area contributed by atoms with E-state index in [0.29, 0.717) is 22.3 Å². The molecule has 1 saturated heterocycles. The Morgan fingerprint density at radius 1 is 1.18 bits per heavy atom. The molecule has 0 saturated carbocycles. The fourth-order valence-electron chi connectivity index (χ4n) is 4.39. The van der Waals surface area contributed by atoms with Crippen LogP contribution < -0.4 is 15.8 Å². The van der Waals surface area contributed by atoms with E-state index in [1.54, 1.807) is 22.6 Å². The molecule has 1 aliphatic rings. The van der Waals surface area contributed by atoms with Gasteiger partial charge in [-0.25, -0.2) is 9.78 Å². The van der Waals surface area contributed by atoms with Crippen molar-refractivity contribution in [3.63, 3.8) is 0 Å². The first-order chi connectivity index (χ1) is 15.7. The average Bonchev–Trinajstić information content (AvgIpc) is 2.78. The normalized spacial score (nSPS) is 16.5. The molecule has 3 aromatic rings. The first-order valence-corrected chi connectivity index (χ1v) is 11.4. The van der Waals surface area contributed by atoms with Crippen LogP contribution in [0.25, 0.3) is 5.65 Å². The highest BCUT2D eigenvalue weighted by Crippen LogP contribution is 2.32. The Bertz CT molecular complexity index is 1240. The Kier molecular flexibility index (Phi) is 6.15. The molecule has 1 unspecified atom stereocenters. The minimum Gasteiger partial charge on any atom is -0.465 e. The molecule has 0 amide bonds. The van der Waals surface area contributed by atoms with E-state index in [1.165, 1.54) is 7.11 Å². The smallest absolute Gasteiger partial charge is 0.339 e. The Hall–Kier alpha value is -3.35. The number of carbonyl (C=O) groups excluding carboxylic acids is 1. The summed E-state index contributed by atoms with van der Waals surface area (Å²) >= 11 is 0. The summed E-state index contributed by atoms with van der Waals surface area (Å²) in [6.45, 7) is 10.3. The summed E-state index contributed by atoms with van der Waals surface area (Å²) in [5.74, 6) is 0.326. The van der Waals surface area contributed by atoms with Gasteiger partial charge in [-0.3, -0.25) is 9.20 Å². The van der Waals surface area contributed by atoms with E-state index >= 15 is 0 Å². The molecule has 174 valence electrons. The Balaban J connectivity index is 1.74. The van der Waals surface area contributed by atoms with E-state index in [4.69, 9.17) is 9.72 Å². The molecule has 7 nitrogen and oxygen atoms in total. The molecule has 33 heavy (non-hydrogen) atoms. The maximum atomic E-state index is 13.1. The predicted octanol–water partition coefficient (Wildman–Crippen LogP) is 4.59. The van der Waals surface area contributed by atoms with Crippen molar-refractivity contribution in [3.05, 3.63) is 69.6 Å². The van der Waals surface area contributed by atoms with Gasteiger partial charge < -0.3 is 15.0 Å². The first-order valence-electron chi connectivity index (χ1n) is 11.4. The number of rotatable bonds is 5. The zero-order valence-corrected chi connectivity index (χ0v) is 20.0. The molecule has 7 heteroatoms. The molecule has 0 radical (unpaired) electrons. The van der Waals surface area contributed by atoms with Gasteiger partial charge in [-0.05, 0) is 55.9 Å². The standard InChI is InChI=1S/C26H32N4O3/c1-17-14-20(18(2)27-21-9-7-6-8-19(21)25(32)33-5)24-28-22(15-23(31)30(24)16-17)29-12-10-26(3,4)11-13-29/h6-9,14-16,18,27H,10-13H2,1-5H3. The number of ether oxygens (including phenoxy) is 1. The summed E-state index contributed by atoms with van der Waals surface area (Å²) in [5, 5.41) is 3.42. The van der Waals surface area contributed by atoms with Crippen LogP contribution in [-0.4, -0.2) is 35.6 Å². The van der Waals surface area contributed by atoms with E-state index < -0.39 is 5.97 Å². The summed E-state index contributed by atoms with van der Waals surface area (Å²) in [7, 11) is 1.37. The molecule has 1 fully saturated rings. The fourth-order valence-corrected chi connectivity index (χ4v) is 4.39. The molecule has 1 N–H and O–H groups in total. The lowest BCUT2D eigenvalue weighted by molar-refractivity contribution is 0.0602. The highest BCUT2D eigenvalue weighted by Gasteiger charge is 2.27. The van der Waals surface area contributed by atoms with Crippen molar-refractivity contribution in [2.24, 2.45) is 5.41 Å². The van der Waals surface area contributed by atoms with Gasteiger partial charge in [0.15, 0.2) is 0 Å². The summed E-state index contributed by atoms with van der Waals surface area (Å²) in [6, 6.07) is 10.7. The topological polar surface area (TPSA) is 75.9 Å². The Labute approximate surface area is 194 Å². The van der Waals surface area contributed by atoms with Crippen LogP contribution in [0.1, 0.15) is 61.1 Å². The molecule has 0 aliphatic carbocycles. The van der Waals surface area contributed by atoms with Crippen LogP contribution in [-0.2, 0) is 4.74 Å². The second kappa shape index (κ2) is 8.89. The van der Waals surface area contributed by atoms with Gasteiger partial charge in [-0.1, -0.05) is 26.0 Å². The number of hydrogen-bond acceptors (Lipinski definition) is 6. The van der Waals surface area contributed by atoms with Crippen LogP contribution in [0.4, 0.5) is 11.5 Å². The van der Waals surface area contributed by atoms with Crippen LogP contribution in [0, 0.1) is 12.3 Å². The van der Waals surface area contributed by atoms with Crippen LogP contribution in [0.3, 0.4) is 0 Å². The number of piperidine rings is 1. The minimum atomic E-state index is -0.399. The molecule has 1 atom stereocenters. The van der Waals surface area contributed by atoms with Crippen LogP contribution >= 0.6 is 0 Å². The van der Waals surface area contributed by atoms with Crippen molar-refractivity contribution in [1.29, 1.82) is 0 Å². The number of hydrogen-bond donors (Lipinski definition) is 1. The van der Waals surface area contributed by atoms with Gasteiger partial charge in [0.2, 0.25) is 0 Å². The number of aryl methyl sites for hydroxylation is 1. The lowest BCUT2D eigenvalue weighted by atomic mass is 9.83. The van der Waals surface area contributed by atoms with Crippen LogP contribution in [0.2, 0.25) is 0 Å². The minimum absolute atomic E-state index is 0.0908. The van der Waals surface area contributed by atoms with Gasteiger partial charge >= 0.3 is 5.97 Å². The summed E-state index contributed by atoms with van der Waals surface area (Å²) in [6.07, 6.45) is 3.96. The lowest BCUT2D eigenvalue weighted by Crippen LogP contribution is -2.38. The van der Waals surface area contributed by atoms with Crippen LogP contribution in [0.5, 0.6) is 0 Å². The monoisotopic (exact) mass is 448 g/mol. The van der Waals surface area contributed by atoms with E-state index in [-0.39, 0.29) is 11.6 Å². The first kappa shape index (κ1) is 22.8. The average molecular weight is 449 g/mol. The third-order valence-electron chi connectivity index (χ3n) is 6.52. The molecule has 0 bridgehead atoms. The Morgan fingerprint density at radius 3 is 2.58 bits per heavy atom. The van der Waals surface area contributed by atoms with Crippen molar-refractivity contribution in [2.45, 2.75) is 46.6 Å².